The van der Waals surface area contributed by atoms with Crippen LogP contribution in [0.4, 0.5) is 11.4 Å². The minimum Gasteiger partial charge on any atom is -0.308 e. The van der Waals surface area contributed by atoms with Crippen molar-refractivity contribution in [3.63, 3.8) is 0 Å². The molecule has 6 aromatic rings. The minimum absolute atomic E-state index is 0.0632. The molecule has 0 N–H and O–H groups in total. The first kappa shape index (κ1) is 36.0. The number of unbranched alkanes of at least 4 members (excludes halogenated alkanes) is 6. The largest absolute Gasteiger partial charge is 0.308 e. The van der Waals surface area contributed by atoms with Gasteiger partial charge in [0.05, 0.1) is 22.5 Å². The van der Waals surface area contributed by atoms with Crippen LogP contribution in [-0.2, 0) is 9.59 Å². The Hall–Kier alpha value is -5.04. The van der Waals surface area contributed by atoms with Crippen LogP contribution in [0, 0.1) is 0 Å². The van der Waals surface area contributed by atoms with Gasteiger partial charge in [-0.15, -0.1) is 22.7 Å². The van der Waals surface area contributed by atoms with Crippen LogP contribution in [0.1, 0.15) is 76.3 Å². The summed E-state index contributed by atoms with van der Waals surface area (Å²) < 4.78 is 0. The quantitative estimate of drug-likeness (QED) is 0.0822. The topological polar surface area (TPSA) is 40.6 Å². The summed E-state index contributed by atoms with van der Waals surface area (Å²) in [4.78, 5) is 38.1. The zero-order valence-corrected chi connectivity index (χ0v) is 32.8. The molecule has 2 aliphatic heterocycles. The molecule has 0 saturated heterocycles. The molecule has 0 fully saturated rings. The molecule has 54 heavy (non-hydrogen) atoms. The fourth-order valence-corrected chi connectivity index (χ4v) is 9.80. The molecular formula is C48H46N2O2S2. The van der Waals surface area contributed by atoms with E-state index in [0.717, 1.165) is 94.7 Å². The van der Waals surface area contributed by atoms with E-state index in [1.807, 2.05) is 21.9 Å². The lowest BCUT2D eigenvalue weighted by atomic mass is 9.95. The van der Waals surface area contributed by atoms with E-state index in [1.165, 1.54) is 20.9 Å². The number of rotatable bonds is 14. The average Bonchev–Trinajstić information content (AvgIpc) is 4.01. The second-order valence-electron chi connectivity index (χ2n) is 14.3. The highest BCUT2D eigenvalue weighted by molar-refractivity contribution is 7.19. The predicted molar refractivity (Wildman–Crippen MR) is 230 cm³/mol. The first-order chi connectivity index (χ1) is 26.6. The van der Waals surface area contributed by atoms with Gasteiger partial charge in [0.2, 0.25) is 0 Å². The molecule has 2 amide bonds. The maximum Gasteiger partial charge on any atom is 0.259 e. The van der Waals surface area contributed by atoms with Gasteiger partial charge in [0.25, 0.3) is 11.8 Å². The number of carbonyl (C=O) groups excluding carboxylic acids is 2. The van der Waals surface area contributed by atoms with Crippen molar-refractivity contribution in [1.82, 2.24) is 0 Å². The SMILES string of the molecule is CCCCCCN1C(=O)/C(=C2/C(=O)N(CCCCCC)c3cc(-c4ccc(-c5ccccc5)s4)ccc32)c2ccc(-c3ccc(-c4ccccc4)s3)cc21. The van der Waals surface area contributed by atoms with Gasteiger partial charge in [-0.05, 0) is 71.5 Å². The molecule has 2 aromatic heterocycles. The molecule has 0 radical (unpaired) electrons. The maximum atomic E-state index is 14.7. The average molecular weight is 747 g/mol. The molecule has 2 aliphatic rings. The van der Waals surface area contributed by atoms with Crippen LogP contribution in [0.3, 0.4) is 0 Å². The number of nitrogens with zero attached hydrogens (tertiary/aromatic N) is 2. The van der Waals surface area contributed by atoms with Crippen molar-refractivity contribution >= 4 is 57.0 Å². The normalized spacial score (nSPS) is 15.0. The van der Waals surface area contributed by atoms with Gasteiger partial charge in [-0.1, -0.05) is 137 Å². The van der Waals surface area contributed by atoms with Crippen molar-refractivity contribution in [3.8, 4) is 41.8 Å². The number of anilines is 2. The predicted octanol–water partition coefficient (Wildman–Crippen LogP) is 13.2. The van der Waals surface area contributed by atoms with Gasteiger partial charge in [-0.3, -0.25) is 9.59 Å². The fraction of sp³-hybridized carbons (Fsp3) is 0.250. The van der Waals surface area contributed by atoms with Gasteiger partial charge in [-0.2, -0.15) is 0 Å². The lowest BCUT2D eigenvalue weighted by molar-refractivity contribution is -0.114. The third kappa shape index (κ3) is 7.01. The van der Waals surface area contributed by atoms with E-state index in [1.54, 1.807) is 22.7 Å². The molecule has 0 aliphatic carbocycles. The number of carbonyl (C=O) groups is 2. The van der Waals surface area contributed by atoms with E-state index in [2.05, 4.69) is 123 Å². The summed E-state index contributed by atoms with van der Waals surface area (Å²) in [6, 6.07) is 42.4. The number of thiophene rings is 2. The zero-order valence-electron chi connectivity index (χ0n) is 31.1. The van der Waals surface area contributed by atoms with Crippen molar-refractivity contribution in [2.75, 3.05) is 22.9 Å². The van der Waals surface area contributed by atoms with Crippen LogP contribution in [0.25, 0.3) is 52.9 Å². The summed E-state index contributed by atoms with van der Waals surface area (Å²) in [5.41, 5.74) is 9.19. The van der Waals surface area contributed by atoms with Crippen molar-refractivity contribution < 1.29 is 9.59 Å². The number of amides is 2. The van der Waals surface area contributed by atoms with E-state index in [9.17, 15) is 9.59 Å². The molecule has 0 spiro atoms. The molecule has 0 atom stereocenters. The zero-order chi connectivity index (χ0) is 37.0. The number of fused-ring (bicyclic) bond motifs is 2. The second-order valence-corrected chi connectivity index (χ2v) is 16.5. The highest BCUT2D eigenvalue weighted by atomic mass is 32.1. The Morgan fingerprint density at radius 2 is 0.815 bits per heavy atom. The molecule has 0 saturated carbocycles. The van der Waals surface area contributed by atoms with Gasteiger partial charge in [-0.25, -0.2) is 0 Å². The molecule has 0 bridgehead atoms. The molecule has 4 heterocycles. The summed E-state index contributed by atoms with van der Waals surface area (Å²) in [7, 11) is 0. The van der Waals surface area contributed by atoms with Crippen molar-refractivity contribution in [3.05, 3.63) is 132 Å². The summed E-state index contributed by atoms with van der Waals surface area (Å²) in [6.45, 7) is 5.68. The monoisotopic (exact) mass is 746 g/mol. The number of hydrogen-bond donors (Lipinski definition) is 0. The van der Waals surface area contributed by atoms with Crippen LogP contribution in [0.15, 0.2) is 121 Å². The highest BCUT2D eigenvalue weighted by Crippen LogP contribution is 2.49. The summed E-state index contributed by atoms with van der Waals surface area (Å²) in [6.07, 6.45) is 8.52. The lowest BCUT2D eigenvalue weighted by Crippen LogP contribution is -2.30. The molecule has 0 unspecified atom stereocenters. The molecular weight excluding hydrogens is 701 g/mol. The Labute approximate surface area is 327 Å². The Morgan fingerprint density at radius 1 is 0.426 bits per heavy atom. The van der Waals surface area contributed by atoms with Gasteiger partial charge < -0.3 is 9.80 Å². The first-order valence-electron chi connectivity index (χ1n) is 19.5. The van der Waals surface area contributed by atoms with Crippen LogP contribution in [0.5, 0.6) is 0 Å². The van der Waals surface area contributed by atoms with Crippen molar-refractivity contribution in [2.45, 2.75) is 65.2 Å². The second kappa shape index (κ2) is 16.1. The smallest absolute Gasteiger partial charge is 0.259 e. The van der Waals surface area contributed by atoms with Gasteiger partial charge >= 0.3 is 0 Å². The Bertz CT molecular complexity index is 2150. The molecule has 4 aromatic carbocycles. The van der Waals surface area contributed by atoms with Crippen LogP contribution >= 0.6 is 22.7 Å². The standard InChI is InChI=1S/C48H46N2O2S2/c1-3-5-7-15-29-49-39-31-35(43-27-25-41(53-43)33-17-11-9-12-18-33)21-23-37(39)45(47(49)51)46-38-24-22-36(32-40(38)50(48(46)52)30-16-8-6-4-2)44-28-26-42(54-44)34-19-13-10-14-20-34/h9-14,17-28,31-32H,3-8,15-16,29-30H2,1-2H3/b46-45+. The summed E-state index contributed by atoms with van der Waals surface area (Å²) in [5, 5.41) is 0. The third-order valence-electron chi connectivity index (χ3n) is 10.7. The van der Waals surface area contributed by atoms with Gasteiger partial charge in [0.1, 0.15) is 0 Å². The Morgan fingerprint density at radius 3 is 1.20 bits per heavy atom. The van der Waals surface area contributed by atoms with E-state index < -0.39 is 0 Å². The molecule has 272 valence electrons. The lowest BCUT2D eigenvalue weighted by Gasteiger charge is -2.18. The first-order valence-corrected chi connectivity index (χ1v) is 21.2. The molecule has 8 rings (SSSR count). The van der Waals surface area contributed by atoms with E-state index in [-0.39, 0.29) is 11.8 Å². The minimum atomic E-state index is -0.0632. The highest BCUT2D eigenvalue weighted by Gasteiger charge is 2.42. The summed E-state index contributed by atoms with van der Waals surface area (Å²) in [5.74, 6) is -0.126. The number of benzene rings is 4. The van der Waals surface area contributed by atoms with Crippen molar-refractivity contribution in [1.29, 1.82) is 0 Å². The fourth-order valence-electron chi connectivity index (χ4n) is 7.78. The van der Waals surface area contributed by atoms with Crippen LogP contribution in [0.2, 0.25) is 0 Å². The van der Waals surface area contributed by atoms with Crippen molar-refractivity contribution in [2.24, 2.45) is 0 Å². The van der Waals surface area contributed by atoms with E-state index in [4.69, 9.17) is 0 Å². The summed E-state index contributed by atoms with van der Waals surface area (Å²) >= 11 is 3.53. The molecule has 6 heteroatoms. The maximum absolute atomic E-state index is 14.7. The van der Waals surface area contributed by atoms with E-state index >= 15 is 0 Å². The molecule has 4 nitrogen and oxygen atoms in total. The van der Waals surface area contributed by atoms with Crippen LogP contribution in [-0.4, -0.2) is 24.9 Å². The number of hydrogen-bond acceptors (Lipinski definition) is 4. The van der Waals surface area contributed by atoms with E-state index in [0.29, 0.717) is 24.2 Å². The Balaban J connectivity index is 1.21. The third-order valence-corrected chi connectivity index (χ3v) is 13.0. The van der Waals surface area contributed by atoms with Crippen LogP contribution < -0.4 is 9.80 Å². The van der Waals surface area contributed by atoms with Gasteiger partial charge in [0, 0.05) is 43.7 Å². The Kier molecular flexibility index (Phi) is 10.7. The van der Waals surface area contributed by atoms with Gasteiger partial charge in [0.15, 0.2) is 0 Å².